The van der Waals surface area contributed by atoms with Gasteiger partial charge in [0.2, 0.25) is 0 Å². The first kappa shape index (κ1) is 12.4. The van der Waals surface area contributed by atoms with Gasteiger partial charge in [0, 0.05) is 18.3 Å². The van der Waals surface area contributed by atoms with Crippen LogP contribution in [0.2, 0.25) is 0 Å². The number of carbonyl (C=O) groups is 1. The maximum absolute atomic E-state index is 11.1. The van der Waals surface area contributed by atoms with E-state index >= 15 is 0 Å². The zero-order valence-electron chi connectivity index (χ0n) is 11.2. The van der Waals surface area contributed by atoms with Crippen molar-refractivity contribution in [2.75, 3.05) is 7.11 Å². The van der Waals surface area contributed by atoms with Crippen molar-refractivity contribution in [3.63, 3.8) is 0 Å². The molecule has 2 aromatic rings. The third-order valence-corrected chi connectivity index (χ3v) is 3.47. The number of carbonyl (C=O) groups excluding carboxylic acids is 1. The monoisotopic (exact) mass is 243 g/mol. The summed E-state index contributed by atoms with van der Waals surface area (Å²) in [6.07, 6.45) is 0.928. The van der Waals surface area contributed by atoms with Crippen LogP contribution in [0.15, 0.2) is 24.3 Å². The molecule has 0 aliphatic heterocycles. The van der Waals surface area contributed by atoms with E-state index in [9.17, 15) is 4.79 Å². The lowest BCUT2D eigenvalue weighted by atomic mass is 10.1. The summed E-state index contributed by atoms with van der Waals surface area (Å²) in [7, 11) is 3.63. The molecule has 0 amide bonds. The van der Waals surface area contributed by atoms with E-state index in [1.54, 1.807) is 7.11 Å². The quantitative estimate of drug-likeness (QED) is 0.775. The van der Waals surface area contributed by atoms with E-state index in [0.717, 1.165) is 40.1 Å². The van der Waals surface area contributed by atoms with Crippen LogP contribution < -0.4 is 4.74 Å². The van der Waals surface area contributed by atoms with Crippen molar-refractivity contribution in [3.8, 4) is 17.0 Å². The summed E-state index contributed by atoms with van der Waals surface area (Å²) in [5.41, 5.74) is 4.97. The lowest BCUT2D eigenvalue weighted by Crippen LogP contribution is -1.95. The second-order valence-corrected chi connectivity index (χ2v) is 4.38. The average molecular weight is 243 g/mol. The molecule has 2 rings (SSSR count). The zero-order valence-corrected chi connectivity index (χ0v) is 11.2. The van der Waals surface area contributed by atoms with Crippen LogP contribution in [0.4, 0.5) is 0 Å². The Morgan fingerprint density at radius 1 is 1.17 bits per heavy atom. The second-order valence-electron chi connectivity index (χ2n) is 4.38. The number of hydrogen-bond acceptors (Lipinski definition) is 2. The lowest BCUT2D eigenvalue weighted by Gasteiger charge is -2.07. The minimum Gasteiger partial charge on any atom is -0.497 e. The van der Waals surface area contributed by atoms with Crippen molar-refractivity contribution in [1.29, 1.82) is 0 Å². The van der Waals surface area contributed by atoms with E-state index in [1.807, 2.05) is 45.2 Å². The highest BCUT2D eigenvalue weighted by atomic mass is 16.5. The molecule has 0 fully saturated rings. The first-order chi connectivity index (χ1) is 8.60. The molecule has 0 aliphatic carbocycles. The molecule has 0 unspecified atom stereocenters. The second kappa shape index (κ2) is 4.69. The molecule has 94 valence electrons. The summed E-state index contributed by atoms with van der Waals surface area (Å²) in [6, 6.07) is 7.87. The number of hydrogen-bond donors (Lipinski definition) is 0. The topological polar surface area (TPSA) is 31.2 Å². The summed E-state index contributed by atoms with van der Waals surface area (Å²) >= 11 is 0. The van der Waals surface area contributed by atoms with E-state index in [2.05, 4.69) is 4.57 Å². The van der Waals surface area contributed by atoms with Crippen molar-refractivity contribution < 1.29 is 9.53 Å². The number of methoxy groups -OCH3 is 1. The van der Waals surface area contributed by atoms with Gasteiger partial charge < -0.3 is 9.30 Å². The SMILES string of the molecule is COc1ccc(-c2c(C)c(C=O)c(C)n2C)cc1. The molecule has 3 heteroatoms. The fourth-order valence-corrected chi connectivity index (χ4v) is 2.33. The fraction of sp³-hybridized carbons (Fsp3) is 0.267. The maximum atomic E-state index is 11.1. The van der Waals surface area contributed by atoms with Gasteiger partial charge in [-0.1, -0.05) is 0 Å². The molecule has 0 bridgehead atoms. The number of nitrogens with zero attached hydrogens (tertiary/aromatic N) is 1. The first-order valence-corrected chi connectivity index (χ1v) is 5.85. The highest BCUT2D eigenvalue weighted by molar-refractivity contribution is 5.84. The van der Waals surface area contributed by atoms with Gasteiger partial charge in [-0.3, -0.25) is 4.79 Å². The van der Waals surface area contributed by atoms with Crippen LogP contribution in [-0.2, 0) is 7.05 Å². The summed E-state index contributed by atoms with van der Waals surface area (Å²) in [6.45, 7) is 3.94. The molecule has 0 saturated carbocycles. The van der Waals surface area contributed by atoms with Gasteiger partial charge >= 0.3 is 0 Å². The van der Waals surface area contributed by atoms with Crippen molar-refractivity contribution >= 4 is 6.29 Å². The number of aldehydes is 1. The Bertz CT molecular complexity index is 580. The molecule has 1 aromatic carbocycles. The zero-order chi connectivity index (χ0) is 13.3. The maximum Gasteiger partial charge on any atom is 0.152 e. The molecule has 0 atom stereocenters. The molecule has 1 heterocycles. The van der Waals surface area contributed by atoms with Gasteiger partial charge in [-0.05, 0) is 49.2 Å². The van der Waals surface area contributed by atoms with E-state index in [4.69, 9.17) is 4.74 Å². The number of benzene rings is 1. The summed E-state index contributed by atoms with van der Waals surface area (Å²) in [5.74, 6) is 0.831. The normalized spacial score (nSPS) is 10.4. The standard InChI is InChI=1S/C15H17NO2/c1-10-14(9-17)11(2)16(3)15(10)12-5-7-13(18-4)8-6-12/h5-9H,1-4H3. The minimum atomic E-state index is 0.781. The lowest BCUT2D eigenvalue weighted by molar-refractivity contribution is 0.112. The molecule has 0 radical (unpaired) electrons. The van der Waals surface area contributed by atoms with Gasteiger partial charge in [-0.2, -0.15) is 0 Å². The van der Waals surface area contributed by atoms with Gasteiger partial charge in [0.1, 0.15) is 5.75 Å². The third kappa shape index (κ3) is 1.82. The van der Waals surface area contributed by atoms with Gasteiger partial charge in [0.25, 0.3) is 0 Å². The molecule has 0 aliphatic rings. The predicted molar refractivity (Wildman–Crippen MR) is 72.3 cm³/mol. The van der Waals surface area contributed by atoms with Crippen LogP contribution in [0.5, 0.6) is 5.75 Å². The van der Waals surface area contributed by atoms with E-state index in [-0.39, 0.29) is 0 Å². The largest absolute Gasteiger partial charge is 0.497 e. The molecule has 1 aromatic heterocycles. The van der Waals surface area contributed by atoms with Crippen LogP contribution in [-0.4, -0.2) is 18.0 Å². The van der Waals surface area contributed by atoms with Crippen LogP contribution >= 0.6 is 0 Å². The Hall–Kier alpha value is -2.03. The highest BCUT2D eigenvalue weighted by Gasteiger charge is 2.15. The fourth-order valence-electron chi connectivity index (χ4n) is 2.33. The van der Waals surface area contributed by atoms with Crippen LogP contribution in [0.1, 0.15) is 21.6 Å². The molecule has 0 saturated heterocycles. The minimum absolute atomic E-state index is 0.781. The van der Waals surface area contributed by atoms with Crippen LogP contribution in [0.3, 0.4) is 0 Å². The molecular weight excluding hydrogens is 226 g/mol. The summed E-state index contributed by atoms with van der Waals surface area (Å²) < 4.78 is 7.21. The van der Waals surface area contributed by atoms with E-state index in [0.29, 0.717) is 0 Å². The Morgan fingerprint density at radius 2 is 1.78 bits per heavy atom. The van der Waals surface area contributed by atoms with E-state index < -0.39 is 0 Å². The van der Waals surface area contributed by atoms with Gasteiger partial charge in [-0.15, -0.1) is 0 Å². The Kier molecular flexibility index (Phi) is 3.24. The number of ether oxygens (including phenoxy) is 1. The van der Waals surface area contributed by atoms with Crippen LogP contribution in [0, 0.1) is 13.8 Å². The smallest absolute Gasteiger partial charge is 0.152 e. The Morgan fingerprint density at radius 3 is 2.22 bits per heavy atom. The molecular formula is C15H17NO2. The first-order valence-electron chi connectivity index (χ1n) is 5.85. The van der Waals surface area contributed by atoms with Crippen molar-refractivity contribution in [1.82, 2.24) is 4.57 Å². The third-order valence-electron chi connectivity index (χ3n) is 3.47. The summed E-state index contributed by atoms with van der Waals surface area (Å²) in [5, 5.41) is 0. The van der Waals surface area contributed by atoms with Gasteiger partial charge in [-0.25, -0.2) is 0 Å². The summed E-state index contributed by atoms with van der Waals surface area (Å²) in [4.78, 5) is 11.1. The van der Waals surface area contributed by atoms with Gasteiger partial charge in [0.05, 0.1) is 12.8 Å². The highest BCUT2D eigenvalue weighted by Crippen LogP contribution is 2.30. The molecule has 0 N–H and O–H groups in total. The Labute approximate surface area is 107 Å². The molecule has 0 spiro atoms. The van der Waals surface area contributed by atoms with Crippen molar-refractivity contribution in [2.24, 2.45) is 7.05 Å². The number of rotatable bonds is 3. The molecule has 3 nitrogen and oxygen atoms in total. The Balaban J connectivity index is 2.59. The van der Waals surface area contributed by atoms with Gasteiger partial charge in [0.15, 0.2) is 6.29 Å². The van der Waals surface area contributed by atoms with Crippen molar-refractivity contribution in [3.05, 3.63) is 41.1 Å². The average Bonchev–Trinajstić information content (AvgIpc) is 2.60. The van der Waals surface area contributed by atoms with Crippen LogP contribution in [0.25, 0.3) is 11.3 Å². The molecule has 18 heavy (non-hydrogen) atoms. The number of aromatic nitrogens is 1. The van der Waals surface area contributed by atoms with Crippen molar-refractivity contribution in [2.45, 2.75) is 13.8 Å². The predicted octanol–water partition coefficient (Wildman–Crippen LogP) is 3.13. The van der Waals surface area contributed by atoms with E-state index in [1.165, 1.54) is 0 Å².